The van der Waals surface area contributed by atoms with Gasteiger partial charge in [0.2, 0.25) is 0 Å². The molecule has 2 aromatic rings. The number of aryl methyl sites for hydroxylation is 2. The lowest BCUT2D eigenvalue weighted by Gasteiger charge is -2.21. The minimum atomic E-state index is 0.454. The van der Waals surface area contributed by atoms with Crippen LogP contribution in [-0.4, -0.2) is 23.9 Å². The highest BCUT2D eigenvalue weighted by molar-refractivity contribution is 6.17. The second kappa shape index (κ2) is 5.53. The molecule has 0 aliphatic heterocycles. The Morgan fingerprint density at radius 3 is 2.47 bits per heavy atom. The fourth-order valence-electron chi connectivity index (χ4n) is 2.19. The number of rotatable bonds is 4. The van der Waals surface area contributed by atoms with E-state index in [9.17, 15) is 0 Å². The summed E-state index contributed by atoms with van der Waals surface area (Å²) in [5.74, 6) is 2.31. The molecule has 1 aromatic heterocycles. The minimum Gasteiger partial charge on any atom is -0.497 e. The Bertz CT molecular complexity index is 563. The van der Waals surface area contributed by atoms with Gasteiger partial charge in [0.15, 0.2) is 0 Å². The molecule has 0 amide bonds. The molecule has 0 aliphatic carbocycles. The smallest absolute Gasteiger partial charge is 0.135 e. The zero-order valence-electron chi connectivity index (χ0n) is 11.6. The topological polar surface area (TPSA) is 30.3 Å². The highest BCUT2D eigenvalue weighted by Crippen LogP contribution is 2.30. The summed E-state index contributed by atoms with van der Waals surface area (Å²) in [6, 6.07) is 7.91. The molecule has 0 spiro atoms. The lowest BCUT2D eigenvalue weighted by molar-refractivity contribution is 0.415. The molecular weight excluding hydrogens is 262 g/mol. The molecule has 0 saturated heterocycles. The normalized spacial score (nSPS) is 10.6. The van der Waals surface area contributed by atoms with Gasteiger partial charge >= 0.3 is 0 Å². The molecule has 1 heterocycles. The van der Waals surface area contributed by atoms with Crippen molar-refractivity contribution in [3.05, 3.63) is 35.5 Å². The molecule has 4 nitrogen and oxygen atoms in total. The number of methoxy groups -OCH3 is 1. The molecule has 0 radical (unpaired) electrons. The van der Waals surface area contributed by atoms with Gasteiger partial charge in [-0.3, -0.25) is 4.68 Å². The molecule has 19 heavy (non-hydrogen) atoms. The molecule has 0 unspecified atom stereocenters. The largest absolute Gasteiger partial charge is 0.497 e. The van der Waals surface area contributed by atoms with E-state index >= 15 is 0 Å². The number of hydrogen-bond acceptors (Lipinski definition) is 3. The van der Waals surface area contributed by atoms with Crippen LogP contribution in [0.4, 0.5) is 11.5 Å². The summed E-state index contributed by atoms with van der Waals surface area (Å²) in [4.78, 5) is 2.08. The first-order valence-electron chi connectivity index (χ1n) is 6.04. The second-order valence-electron chi connectivity index (χ2n) is 4.40. The Hall–Kier alpha value is -1.68. The molecule has 102 valence electrons. The van der Waals surface area contributed by atoms with Crippen molar-refractivity contribution in [3.8, 4) is 5.75 Å². The van der Waals surface area contributed by atoms with E-state index in [0.29, 0.717) is 5.88 Å². The van der Waals surface area contributed by atoms with Crippen molar-refractivity contribution in [2.75, 3.05) is 19.1 Å². The molecule has 0 fully saturated rings. The highest BCUT2D eigenvalue weighted by atomic mass is 35.5. The van der Waals surface area contributed by atoms with E-state index in [4.69, 9.17) is 16.3 Å². The van der Waals surface area contributed by atoms with E-state index in [-0.39, 0.29) is 0 Å². The fourth-order valence-corrected chi connectivity index (χ4v) is 2.51. The molecule has 0 saturated carbocycles. The third kappa shape index (κ3) is 2.54. The van der Waals surface area contributed by atoms with Gasteiger partial charge in [0.05, 0.1) is 18.7 Å². The van der Waals surface area contributed by atoms with Crippen LogP contribution in [0.1, 0.15) is 11.3 Å². The van der Waals surface area contributed by atoms with E-state index in [1.165, 1.54) is 0 Å². The van der Waals surface area contributed by atoms with Crippen LogP contribution in [0.3, 0.4) is 0 Å². The summed E-state index contributed by atoms with van der Waals surface area (Å²) in [5, 5.41) is 4.43. The van der Waals surface area contributed by atoms with Crippen LogP contribution in [0.25, 0.3) is 0 Å². The van der Waals surface area contributed by atoms with Crippen molar-refractivity contribution < 1.29 is 4.74 Å². The standard InChI is InChI=1S/C14H18ClN3O/c1-10-13(9-15)14(18(3)16-10)17(2)11-5-7-12(19-4)8-6-11/h5-8H,9H2,1-4H3. The molecule has 0 N–H and O–H groups in total. The summed E-state index contributed by atoms with van der Waals surface area (Å²) in [6.45, 7) is 1.98. The van der Waals surface area contributed by atoms with Gasteiger partial charge in [0.1, 0.15) is 11.6 Å². The van der Waals surface area contributed by atoms with Gasteiger partial charge in [-0.1, -0.05) is 0 Å². The van der Waals surface area contributed by atoms with Gasteiger partial charge < -0.3 is 9.64 Å². The summed E-state index contributed by atoms with van der Waals surface area (Å²) < 4.78 is 7.03. The highest BCUT2D eigenvalue weighted by Gasteiger charge is 2.17. The molecule has 0 atom stereocenters. The Morgan fingerprint density at radius 1 is 1.32 bits per heavy atom. The Balaban J connectivity index is 2.40. The van der Waals surface area contributed by atoms with E-state index in [1.54, 1.807) is 7.11 Å². The average Bonchev–Trinajstić information content (AvgIpc) is 2.72. The lowest BCUT2D eigenvalue weighted by Crippen LogP contribution is -2.15. The molecule has 0 aliphatic rings. The number of anilines is 2. The van der Waals surface area contributed by atoms with E-state index < -0.39 is 0 Å². The molecule has 2 rings (SSSR count). The van der Waals surface area contributed by atoms with E-state index in [0.717, 1.165) is 28.5 Å². The number of alkyl halides is 1. The number of nitrogens with zero attached hydrogens (tertiary/aromatic N) is 3. The minimum absolute atomic E-state index is 0.454. The summed E-state index contributed by atoms with van der Waals surface area (Å²) in [5.41, 5.74) is 3.09. The van der Waals surface area contributed by atoms with Gasteiger partial charge in [-0.25, -0.2) is 0 Å². The summed E-state index contributed by atoms with van der Waals surface area (Å²) in [7, 11) is 5.60. The first kappa shape index (κ1) is 13.7. The van der Waals surface area contributed by atoms with Crippen LogP contribution >= 0.6 is 11.6 Å². The SMILES string of the molecule is COc1ccc(N(C)c2c(CCl)c(C)nn2C)cc1. The zero-order chi connectivity index (χ0) is 14.0. The maximum atomic E-state index is 6.03. The monoisotopic (exact) mass is 279 g/mol. The van der Waals surface area contributed by atoms with Crippen LogP contribution in [0, 0.1) is 6.92 Å². The van der Waals surface area contributed by atoms with Crippen LogP contribution < -0.4 is 9.64 Å². The Morgan fingerprint density at radius 2 is 1.95 bits per heavy atom. The lowest BCUT2D eigenvalue weighted by atomic mass is 10.2. The van der Waals surface area contributed by atoms with Gasteiger partial charge in [-0.05, 0) is 31.2 Å². The van der Waals surface area contributed by atoms with Crippen molar-refractivity contribution in [2.45, 2.75) is 12.8 Å². The van der Waals surface area contributed by atoms with Crippen molar-refractivity contribution in [3.63, 3.8) is 0 Å². The van der Waals surface area contributed by atoms with Crippen molar-refractivity contribution in [1.29, 1.82) is 0 Å². The first-order chi connectivity index (χ1) is 9.08. The van der Waals surface area contributed by atoms with Gasteiger partial charge in [-0.15, -0.1) is 11.6 Å². The average molecular weight is 280 g/mol. The molecule has 5 heteroatoms. The van der Waals surface area contributed by atoms with Crippen LogP contribution in [0.15, 0.2) is 24.3 Å². The number of hydrogen-bond donors (Lipinski definition) is 0. The Kier molecular flexibility index (Phi) is 4.00. The number of ether oxygens (including phenoxy) is 1. The quantitative estimate of drug-likeness (QED) is 0.805. The maximum Gasteiger partial charge on any atom is 0.135 e. The predicted octanol–water partition coefficient (Wildman–Crippen LogP) is 3.24. The third-order valence-corrected chi connectivity index (χ3v) is 3.49. The summed E-state index contributed by atoms with van der Waals surface area (Å²) in [6.07, 6.45) is 0. The zero-order valence-corrected chi connectivity index (χ0v) is 12.4. The number of benzene rings is 1. The fraction of sp³-hybridized carbons (Fsp3) is 0.357. The van der Waals surface area contributed by atoms with Gasteiger partial charge in [0.25, 0.3) is 0 Å². The third-order valence-electron chi connectivity index (χ3n) is 3.22. The second-order valence-corrected chi connectivity index (χ2v) is 4.67. The molecule has 0 bridgehead atoms. The summed E-state index contributed by atoms with van der Waals surface area (Å²) >= 11 is 6.03. The van der Waals surface area contributed by atoms with Crippen molar-refractivity contribution in [1.82, 2.24) is 9.78 Å². The maximum absolute atomic E-state index is 6.03. The van der Waals surface area contributed by atoms with Gasteiger partial charge in [-0.2, -0.15) is 5.10 Å². The number of aromatic nitrogens is 2. The van der Waals surface area contributed by atoms with Gasteiger partial charge in [0, 0.05) is 25.3 Å². The van der Waals surface area contributed by atoms with Crippen molar-refractivity contribution in [2.24, 2.45) is 7.05 Å². The first-order valence-corrected chi connectivity index (χ1v) is 6.58. The van der Waals surface area contributed by atoms with E-state index in [2.05, 4.69) is 10.00 Å². The van der Waals surface area contributed by atoms with E-state index in [1.807, 2.05) is 50.0 Å². The van der Waals surface area contributed by atoms with Crippen LogP contribution in [0.5, 0.6) is 5.75 Å². The Labute approximate surface area is 118 Å². The van der Waals surface area contributed by atoms with Crippen molar-refractivity contribution >= 4 is 23.1 Å². The van der Waals surface area contributed by atoms with Crippen LogP contribution in [0.2, 0.25) is 0 Å². The molecular formula is C14H18ClN3O. The number of halogens is 1. The molecule has 1 aromatic carbocycles. The predicted molar refractivity (Wildman–Crippen MR) is 78.6 cm³/mol. The van der Waals surface area contributed by atoms with Crippen LogP contribution in [-0.2, 0) is 12.9 Å².